The third-order valence-electron chi connectivity index (χ3n) is 3.55. The fourth-order valence-corrected chi connectivity index (χ4v) is 3.28. The summed E-state index contributed by atoms with van der Waals surface area (Å²) in [6.45, 7) is 0.693. The first kappa shape index (κ1) is 15.9. The van der Waals surface area contributed by atoms with E-state index < -0.39 is 0 Å². The van der Waals surface area contributed by atoms with Crippen LogP contribution in [-0.2, 0) is 6.54 Å². The third kappa shape index (κ3) is 5.07. The number of aliphatic hydroxyl groups excluding tert-OH is 1. The number of hydrogen-bond acceptors (Lipinski definition) is 3. The molecule has 114 valence electrons. The van der Waals surface area contributed by atoms with Crippen LogP contribution in [0.3, 0.4) is 0 Å². The molecule has 0 radical (unpaired) electrons. The summed E-state index contributed by atoms with van der Waals surface area (Å²) in [4.78, 5) is 14.9. The first-order valence-electron chi connectivity index (χ1n) is 7.38. The van der Waals surface area contributed by atoms with Gasteiger partial charge in [-0.1, -0.05) is 24.7 Å². The van der Waals surface area contributed by atoms with Crippen molar-refractivity contribution in [3.8, 4) is 11.8 Å². The van der Waals surface area contributed by atoms with Gasteiger partial charge in [0.2, 0.25) is 0 Å². The number of amides is 2. The van der Waals surface area contributed by atoms with E-state index >= 15 is 0 Å². The van der Waals surface area contributed by atoms with E-state index in [-0.39, 0.29) is 12.6 Å². The molecule has 21 heavy (non-hydrogen) atoms. The molecule has 5 heteroatoms. The maximum absolute atomic E-state index is 12.1. The van der Waals surface area contributed by atoms with Gasteiger partial charge in [-0.2, -0.15) is 0 Å². The highest BCUT2D eigenvalue weighted by molar-refractivity contribution is 7.10. The molecule has 0 spiro atoms. The number of nitrogens with one attached hydrogen (secondary N) is 1. The summed E-state index contributed by atoms with van der Waals surface area (Å²) in [7, 11) is 1.82. The van der Waals surface area contributed by atoms with Crippen LogP contribution in [0.5, 0.6) is 0 Å². The molecule has 2 amide bonds. The molecule has 2 N–H and O–H groups in total. The van der Waals surface area contributed by atoms with Crippen molar-refractivity contribution in [2.24, 2.45) is 0 Å². The van der Waals surface area contributed by atoms with Crippen LogP contribution in [0.25, 0.3) is 0 Å². The number of thiophene rings is 1. The molecule has 1 heterocycles. The van der Waals surface area contributed by atoms with Gasteiger partial charge in [0.05, 0.1) is 13.2 Å². The van der Waals surface area contributed by atoms with E-state index in [1.165, 1.54) is 12.8 Å². The van der Waals surface area contributed by atoms with Gasteiger partial charge in [0.25, 0.3) is 0 Å². The Morgan fingerprint density at radius 1 is 1.52 bits per heavy atom. The normalized spacial score (nSPS) is 14.6. The van der Waals surface area contributed by atoms with Crippen LogP contribution in [0.1, 0.15) is 42.5 Å². The number of urea groups is 1. The van der Waals surface area contributed by atoms with E-state index in [9.17, 15) is 4.79 Å². The van der Waals surface area contributed by atoms with Gasteiger partial charge in [0.1, 0.15) is 0 Å². The zero-order valence-corrected chi connectivity index (χ0v) is 13.2. The van der Waals surface area contributed by atoms with Gasteiger partial charge >= 0.3 is 6.03 Å². The lowest BCUT2D eigenvalue weighted by Gasteiger charge is -2.20. The molecule has 2 rings (SSSR count). The number of hydrogen-bond donors (Lipinski definition) is 2. The SMILES string of the molecule is CN(Cc1cc(C#CCCO)cs1)C(=O)NC1CCCC1. The van der Waals surface area contributed by atoms with Crippen LogP contribution in [-0.4, -0.2) is 35.7 Å². The van der Waals surface area contributed by atoms with Crippen molar-refractivity contribution in [2.75, 3.05) is 13.7 Å². The molecule has 0 saturated heterocycles. The van der Waals surface area contributed by atoms with E-state index in [1.807, 2.05) is 18.5 Å². The number of nitrogens with zero attached hydrogens (tertiary/aromatic N) is 1. The first-order valence-corrected chi connectivity index (χ1v) is 8.26. The molecular formula is C16H22N2O2S. The Hall–Kier alpha value is -1.51. The fraction of sp³-hybridized carbons (Fsp3) is 0.562. The molecule has 0 aromatic carbocycles. The summed E-state index contributed by atoms with van der Waals surface area (Å²) in [5.41, 5.74) is 0.952. The molecule has 1 aromatic heterocycles. The maximum Gasteiger partial charge on any atom is 0.317 e. The lowest BCUT2D eigenvalue weighted by Crippen LogP contribution is -2.41. The van der Waals surface area contributed by atoms with Crippen LogP contribution in [0, 0.1) is 11.8 Å². The van der Waals surface area contributed by atoms with Crippen molar-refractivity contribution in [3.05, 3.63) is 21.9 Å². The Morgan fingerprint density at radius 2 is 2.29 bits per heavy atom. The highest BCUT2D eigenvalue weighted by Crippen LogP contribution is 2.19. The van der Waals surface area contributed by atoms with Crippen molar-refractivity contribution in [1.29, 1.82) is 0 Å². The van der Waals surface area contributed by atoms with Crippen LogP contribution in [0.15, 0.2) is 11.4 Å². The Kier molecular flexibility index (Phi) is 6.09. The lowest BCUT2D eigenvalue weighted by atomic mass is 10.2. The number of aliphatic hydroxyl groups is 1. The molecule has 4 nitrogen and oxygen atoms in total. The maximum atomic E-state index is 12.1. The third-order valence-corrected chi connectivity index (χ3v) is 4.47. The second kappa shape index (κ2) is 8.06. The number of rotatable bonds is 4. The minimum atomic E-state index is 0.00298. The van der Waals surface area contributed by atoms with E-state index in [1.54, 1.807) is 16.2 Å². The highest BCUT2D eigenvalue weighted by atomic mass is 32.1. The predicted molar refractivity (Wildman–Crippen MR) is 85.2 cm³/mol. The van der Waals surface area contributed by atoms with Gasteiger partial charge in [-0.15, -0.1) is 11.3 Å². The summed E-state index contributed by atoms with van der Waals surface area (Å²) in [5.74, 6) is 5.91. The number of carbonyl (C=O) groups excluding carboxylic acids is 1. The second-order valence-electron chi connectivity index (χ2n) is 5.36. The molecular weight excluding hydrogens is 284 g/mol. The molecule has 0 bridgehead atoms. The monoisotopic (exact) mass is 306 g/mol. The summed E-state index contributed by atoms with van der Waals surface area (Å²) in [6, 6.07) is 2.36. The zero-order chi connectivity index (χ0) is 15.1. The Morgan fingerprint density at radius 3 is 3.00 bits per heavy atom. The van der Waals surface area contributed by atoms with E-state index in [4.69, 9.17) is 5.11 Å². The largest absolute Gasteiger partial charge is 0.395 e. The molecule has 1 aromatic rings. The minimum Gasteiger partial charge on any atom is -0.395 e. The molecule has 0 unspecified atom stereocenters. The van der Waals surface area contributed by atoms with E-state index in [0.29, 0.717) is 19.0 Å². The standard InChI is InChI=1S/C16H22N2O2S/c1-18(16(20)17-14-7-2-3-8-14)11-15-10-13(12-21-15)6-4-5-9-19/h10,12,14,19H,2-3,5,7-9,11H2,1H3,(H,17,20). The molecule has 1 saturated carbocycles. The fourth-order valence-electron chi connectivity index (χ4n) is 2.41. The molecule has 1 fully saturated rings. The van der Waals surface area contributed by atoms with Crippen molar-refractivity contribution in [2.45, 2.75) is 44.7 Å². The summed E-state index contributed by atoms with van der Waals surface area (Å²) < 4.78 is 0. The zero-order valence-electron chi connectivity index (χ0n) is 12.4. The van der Waals surface area contributed by atoms with Gasteiger partial charge in [0.15, 0.2) is 0 Å². The lowest BCUT2D eigenvalue weighted by molar-refractivity contribution is 0.203. The molecule has 1 aliphatic carbocycles. The van der Waals surface area contributed by atoms with Gasteiger partial charge in [-0.25, -0.2) is 4.79 Å². The smallest absolute Gasteiger partial charge is 0.317 e. The van der Waals surface area contributed by atoms with Gasteiger partial charge < -0.3 is 15.3 Å². The second-order valence-corrected chi connectivity index (χ2v) is 6.36. The van der Waals surface area contributed by atoms with Crippen LogP contribution in [0.2, 0.25) is 0 Å². The Bertz CT molecular complexity index is 524. The summed E-state index contributed by atoms with van der Waals surface area (Å²) >= 11 is 1.61. The summed E-state index contributed by atoms with van der Waals surface area (Å²) in [6.07, 6.45) is 5.13. The van der Waals surface area contributed by atoms with Crippen LogP contribution in [0.4, 0.5) is 4.79 Å². The van der Waals surface area contributed by atoms with Gasteiger partial charge in [0, 0.05) is 35.3 Å². The summed E-state index contributed by atoms with van der Waals surface area (Å²) in [5, 5.41) is 13.8. The molecule has 1 aliphatic rings. The van der Waals surface area contributed by atoms with Crippen LogP contribution < -0.4 is 5.32 Å². The molecule has 0 atom stereocenters. The predicted octanol–water partition coefficient (Wildman–Crippen LogP) is 2.57. The first-order chi connectivity index (χ1) is 10.2. The van der Waals surface area contributed by atoms with Crippen molar-refractivity contribution < 1.29 is 9.90 Å². The van der Waals surface area contributed by atoms with Gasteiger partial charge in [-0.3, -0.25) is 0 Å². The average Bonchev–Trinajstić information content (AvgIpc) is 3.11. The Labute approximate surface area is 130 Å². The van der Waals surface area contributed by atoms with E-state index in [2.05, 4.69) is 17.2 Å². The Balaban J connectivity index is 1.83. The average molecular weight is 306 g/mol. The number of carbonyl (C=O) groups is 1. The van der Waals surface area contributed by atoms with Crippen molar-refractivity contribution in [3.63, 3.8) is 0 Å². The van der Waals surface area contributed by atoms with E-state index in [0.717, 1.165) is 23.3 Å². The van der Waals surface area contributed by atoms with Gasteiger partial charge in [-0.05, 0) is 18.9 Å². The van der Waals surface area contributed by atoms with Crippen molar-refractivity contribution >= 4 is 17.4 Å². The topological polar surface area (TPSA) is 52.6 Å². The van der Waals surface area contributed by atoms with Crippen molar-refractivity contribution in [1.82, 2.24) is 10.2 Å². The van der Waals surface area contributed by atoms with Crippen LogP contribution >= 0.6 is 11.3 Å². The highest BCUT2D eigenvalue weighted by Gasteiger charge is 2.19. The minimum absolute atomic E-state index is 0.00298. The quantitative estimate of drug-likeness (QED) is 0.840. The molecule has 0 aliphatic heterocycles.